The highest BCUT2D eigenvalue weighted by atomic mass is 35.5. The van der Waals surface area contributed by atoms with E-state index < -0.39 is 15.9 Å². The normalized spacial score (nSPS) is 15.5. The quantitative estimate of drug-likeness (QED) is 0.563. The maximum atomic E-state index is 13.1. The van der Waals surface area contributed by atoms with Crippen LogP contribution in [0.2, 0.25) is 15.1 Å². The molecule has 0 aliphatic carbocycles. The molecule has 2 aromatic carbocycles. The molecule has 0 spiro atoms. The summed E-state index contributed by atoms with van der Waals surface area (Å²) in [5.41, 5.74) is 0.314. The zero-order valence-corrected chi connectivity index (χ0v) is 19.3. The summed E-state index contributed by atoms with van der Waals surface area (Å²) in [5, 5.41) is 3.31. The van der Waals surface area contributed by atoms with Crippen molar-refractivity contribution in [1.82, 2.24) is 4.31 Å². The number of nitrogens with one attached hydrogen (secondary N) is 1. The average molecular weight is 492 g/mol. The van der Waals surface area contributed by atoms with E-state index in [4.69, 9.17) is 39.5 Å². The number of anilines is 1. The lowest BCUT2D eigenvalue weighted by Gasteiger charge is -2.20. The van der Waals surface area contributed by atoms with Crippen molar-refractivity contribution in [1.29, 1.82) is 0 Å². The van der Waals surface area contributed by atoms with Crippen LogP contribution in [0.4, 0.5) is 5.69 Å². The van der Waals surface area contributed by atoms with Crippen molar-refractivity contribution >= 4 is 56.4 Å². The molecule has 1 saturated heterocycles. The van der Waals surface area contributed by atoms with Gasteiger partial charge in [-0.2, -0.15) is 4.31 Å². The number of carbonyl (C=O) groups excluding carboxylic acids is 1. The monoisotopic (exact) mass is 490 g/mol. The summed E-state index contributed by atoms with van der Waals surface area (Å²) in [6.45, 7) is 0.934. The van der Waals surface area contributed by atoms with Gasteiger partial charge in [0.1, 0.15) is 5.75 Å². The Morgan fingerprint density at radius 1 is 0.967 bits per heavy atom. The molecule has 2 aromatic rings. The standard InChI is InChI=1S/C20H21Cl3N2O4S/c1-29-19-7-6-13(30(27,28)25-8-4-2-3-5-9-25)10-14(19)20(26)24-18-12-16(22)15(21)11-17(18)23/h6-7,10-12H,2-5,8-9H2,1H3,(H,24,26). The molecule has 1 aliphatic rings. The zero-order valence-electron chi connectivity index (χ0n) is 16.3. The van der Waals surface area contributed by atoms with Gasteiger partial charge in [0.15, 0.2) is 0 Å². The summed E-state index contributed by atoms with van der Waals surface area (Å²) >= 11 is 18.1. The highest BCUT2D eigenvalue weighted by Crippen LogP contribution is 2.33. The number of hydrogen-bond donors (Lipinski definition) is 1. The van der Waals surface area contributed by atoms with Crippen LogP contribution in [0.1, 0.15) is 36.0 Å². The molecule has 1 aliphatic heterocycles. The molecule has 30 heavy (non-hydrogen) atoms. The second kappa shape index (κ2) is 9.75. The average Bonchev–Trinajstić information content (AvgIpc) is 3.01. The van der Waals surface area contributed by atoms with E-state index in [2.05, 4.69) is 5.32 Å². The number of methoxy groups -OCH3 is 1. The van der Waals surface area contributed by atoms with E-state index >= 15 is 0 Å². The summed E-state index contributed by atoms with van der Waals surface area (Å²) in [6, 6.07) is 7.07. The molecule has 1 N–H and O–H groups in total. The minimum Gasteiger partial charge on any atom is -0.496 e. The molecular weight excluding hydrogens is 471 g/mol. The molecule has 1 amide bonds. The predicted molar refractivity (Wildman–Crippen MR) is 120 cm³/mol. The first-order chi connectivity index (χ1) is 14.2. The summed E-state index contributed by atoms with van der Waals surface area (Å²) in [6.07, 6.45) is 3.65. The Hall–Kier alpha value is -1.51. The summed E-state index contributed by atoms with van der Waals surface area (Å²) < 4.78 is 33.0. The third-order valence-corrected chi connectivity index (χ3v) is 7.81. The topological polar surface area (TPSA) is 75.7 Å². The fourth-order valence-electron chi connectivity index (χ4n) is 3.26. The Kier molecular flexibility index (Phi) is 7.52. The van der Waals surface area contributed by atoms with Crippen molar-refractivity contribution in [2.45, 2.75) is 30.6 Å². The van der Waals surface area contributed by atoms with Gasteiger partial charge in [0, 0.05) is 13.1 Å². The highest BCUT2D eigenvalue weighted by molar-refractivity contribution is 7.89. The maximum absolute atomic E-state index is 13.1. The first kappa shape index (κ1) is 23.2. The number of benzene rings is 2. The van der Waals surface area contributed by atoms with Crippen molar-refractivity contribution in [2.24, 2.45) is 0 Å². The minimum absolute atomic E-state index is 0.0376. The molecule has 1 heterocycles. The maximum Gasteiger partial charge on any atom is 0.259 e. The van der Waals surface area contributed by atoms with E-state index in [-0.39, 0.29) is 37.0 Å². The SMILES string of the molecule is COc1ccc(S(=O)(=O)N2CCCCCC2)cc1C(=O)Nc1cc(Cl)c(Cl)cc1Cl. The fourth-order valence-corrected chi connectivity index (χ4v) is 5.40. The first-order valence-corrected chi connectivity index (χ1v) is 12.0. The molecule has 6 nitrogen and oxygen atoms in total. The van der Waals surface area contributed by atoms with E-state index in [0.717, 1.165) is 25.7 Å². The molecular formula is C20H21Cl3N2O4S. The number of ether oxygens (including phenoxy) is 1. The van der Waals surface area contributed by atoms with Gasteiger partial charge in [-0.25, -0.2) is 8.42 Å². The highest BCUT2D eigenvalue weighted by Gasteiger charge is 2.27. The third kappa shape index (κ3) is 5.03. The molecule has 162 valence electrons. The van der Waals surface area contributed by atoms with E-state index in [9.17, 15) is 13.2 Å². The molecule has 0 bridgehead atoms. The smallest absolute Gasteiger partial charge is 0.259 e. The molecule has 0 atom stereocenters. The zero-order chi connectivity index (χ0) is 21.9. The lowest BCUT2D eigenvalue weighted by molar-refractivity contribution is 0.102. The minimum atomic E-state index is -3.73. The second-order valence-corrected chi connectivity index (χ2v) is 10.0. The largest absolute Gasteiger partial charge is 0.496 e. The van der Waals surface area contributed by atoms with Gasteiger partial charge in [-0.15, -0.1) is 0 Å². The van der Waals surface area contributed by atoms with E-state index in [1.165, 1.54) is 41.7 Å². The van der Waals surface area contributed by atoms with Crippen molar-refractivity contribution in [3.63, 3.8) is 0 Å². The van der Waals surface area contributed by atoms with Crippen molar-refractivity contribution < 1.29 is 17.9 Å². The van der Waals surface area contributed by atoms with Crippen LogP contribution in [-0.4, -0.2) is 38.8 Å². The van der Waals surface area contributed by atoms with Gasteiger partial charge >= 0.3 is 0 Å². The number of sulfonamides is 1. The predicted octanol–water partition coefficient (Wildman–Crippen LogP) is 5.47. The van der Waals surface area contributed by atoms with E-state index in [0.29, 0.717) is 13.1 Å². The Balaban J connectivity index is 1.94. The molecule has 10 heteroatoms. The molecule has 3 rings (SSSR count). The third-order valence-electron chi connectivity index (χ3n) is 4.88. The Bertz CT molecular complexity index is 1050. The fraction of sp³-hybridized carbons (Fsp3) is 0.350. The van der Waals surface area contributed by atoms with Crippen LogP contribution in [0, 0.1) is 0 Å². The van der Waals surface area contributed by atoms with E-state index in [1.54, 1.807) is 0 Å². The van der Waals surface area contributed by atoms with Crippen molar-refractivity contribution in [2.75, 3.05) is 25.5 Å². The number of nitrogens with zero attached hydrogens (tertiary/aromatic N) is 1. The van der Waals surface area contributed by atoms with Gasteiger partial charge in [-0.05, 0) is 43.2 Å². The first-order valence-electron chi connectivity index (χ1n) is 9.38. The lowest BCUT2D eigenvalue weighted by atomic mass is 10.2. The van der Waals surface area contributed by atoms with Gasteiger partial charge in [-0.3, -0.25) is 4.79 Å². The Morgan fingerprint density at radius 3 is 2.23 bits per heavy atom. The van der Waals surface area contributed by atoms with Gasteiger partial charge in [-0.1, -0.05) is 47.6 Å². The molecule has 0 aromatic heterocycles. The van der Waals surface area contributed by atoms with Crippen LogP contribution >= 0.6 is 34.8 Å². The van der Waals surface area contributed by atoms with Gasteiger partial charge < -0.3 is 10.1 Å². The summed E-state index contributed by atoms with van der Waals surface area (Å²) in [7, 11) is -2.32. The number of amides is 1. The van der Waals surface area contributed by atoms with Crippen LogP contribution in [0.5, 0.6) is 5.75 Å². The van der Waals surface area contributed by atoms with Gasteiger partial charge in [0.25, 0.3) is 5.91 Å². The number of halogens is 3. The van der Waals surface area contributed by atoms with E-state index in [1.807, 2.05) is 0 Å². The van der Waals surface area contributed by atoms with Crippen molar-refractivity contribution in [3.8, 4) is 5.75 Å². The van der Waals surface area contributed by atoms with Crippen LogP contribution < -0.4 is 10.1 Å². The summed E-state index contributed by atoms with van der Waals surface area (Å²) in [4.78, 5) is 13.0. The second-order valence-electron chi connectivity index (χ2n) is 6.88. The van der Waals surface area contributed by atoms with Gasteiger partial charge in [0.05, 0.1) is 38.3 Å². The summed E-state index contributed by atoms with van der Waals surface area (Å²) in [5.74, 6) is -0.349. The van der Waals surface area contributed by atoms with Crippen LogP contribution in [0.15, 0.2) is 35.2 Å². The Morgan fingerprint density at radius 2 is 1.60 bits per heavy atom. The van der Waals surface area contributed by atoms with Crippen molar-refractivity contribution in [3.05, 3.63) is 51.0 Å². The number of carbonyl (C=O) groups is 1. The van der Waals surface area contributed by atoms with Gasteiger partial charge in [0.2, 0.25) is 10.0 Å². The van der Waals surface area contributed by atoms with Crippen LogP contribution in [0.3, 0.4) is 0 Å². The Labute approximate surface area is 191 Å². The molecule has 0 saturated carbocycles. The molecule has 0 unspecified atom stereocenters. The molecule has 0 radical (unpaired) electrons. The molecule has 1 fully saturated rings. The van der Waals surface area contributed by atoms with Crippen LogP contribution in [-0.2, 0) is 10.0 Å². The number of hydrogen-bond acceptors (Lipinski definition) is 4. The van der Waals surface area contributed by atoms with Crippen LogP contribution in [0.25, 0.3) is 0 Å². The lowest BCUT2D eigenvalue weighted by Crippen LogP contribution is -2.32. The number of rotatable bonds is 5.